The number of hydrogen-bond acceptors (Lipinski definition) is 7. The Morgan fingerprint density at radius 2 is 2.09 bits per heavy atom. The summed E-state index contributed by atoms with van der Waals surface area (Å²) in [4.78, 5) is 12.4. The zero-order chi connectivity index (χ0) is 15.6. The van der Waals surface area contributed by atoms with Crippen molar-refractivity contribution in [1.82, 2.24) is 20.2 Å². The molecule has 0 unspecified atom stereocenters. The number of benzene rings is 1. The van der Waals surface area contributed by atoms with Gasteiger partial charge in [0.2, 0.25) is 11.9 Å². The topological polar surface area (TPSA) is 79.1 Å². The van der Waals surface area contributed by atoms with Gasteiger partial charge in [-0.2, -0.15) is 0 Å². The first kappa shape index (κ1) is 14.5. The number of ether oxygens (including phenoxy) is 2. The lowest BCUT2D eigenvalue weighted by atomic mass is 10.1. The van der Waals surface area contributed by atoms with Crippen molar-refractivity contribution in [2.75, 3.05) is 12.5 Å². The molecule has 1 aliphatic heterocycles. The van der Waals surface area contributed by atoms with Crippen LogP contribution in [0, 0.1) is 0 Å². The second kappa shape index (κ2) is 6.19. The molecule has 23 heavy (non-hydrogen) atoms. The molecule has 0 saturated heterocycles. The normalized spacial score (nSPS) is 16.9. The minimum absolute atomic E-state index is 0.0225. The van der Waals surface area contributed by atoms with Gasteiger partial charge in [0.25, 0.3) is 0 Å². The van der Waals surface area contributed by atoms with Crippen LogP contribution in [0.1, 0.15) is 42.1 Å². The molecule has 0 amide bonds. The highest BCUT2D eigenvalue weighted by Gasteiger charge is 2.22. The number of aromatic nitrogens is 4. The van der Waals surface area contributed by atoms with Crippen LogP contribution in [0.4, 0.5) is 0 Å². The summed E-state index contributed by atoms with van der Waals surface area (Å²) in [6, 6.07) is 5.62. The summed E-state index contributed by atoms with van der Waals surface area (Å²) in [5.41, 5.74) is 0.613. The Bertz CT molecular complexity index is 727. The quantitative estimate of drug-likeness (QED) is 0.615. The molecule has 120 valence electrons. The summed E-state index contributed by atoms with van der Waals surface area (Å²) >= 11 is 1.38. The predicted molar refractivity (Wildman–Crippen MR) is 82.9 cm³/mol. The average Bonchev–Trinajstić information content (AvgIpc) is 3.31. The van der Waals surface area contributed by atoms with Crippen LogP contribution in [0.25, 0.3) is 0 Å². The SMILES string of the molecule is O=C(CSc1nnnn1C1CCCC1)c1ccc2c(c1)OCO2. The fourth-order valence-electron chi connectivity index (χ4n) is 2.94. The van der Waals surface area contributed by atoms with E-state index >= 15 is 0 Å². The van der Waals surface area contributed by atoms with Gasteiger partial charge in [0.05, 0.1) is 11.8 Å². The summed E-state index contributed by atoms with van der Waals surface area (Å²) < 4.78 is 12.4. The van der Waals surface area contributed by atoms with Crippen molar-refractivity contribution in [1.29, 1.82) is 0 Å². The van der Waals surface area contributed by atoms with Crippen molar-refractivity contribution < 1.29 is 14.3 Å². The zero-order valence-electron chi connectivity index (χ0n) is 12.5. The van der Waals surface area contributed by atoms with Gasteiger partial charge < -0.3 is 9.47 Å². The van der Waals surface area contributed by atoms with Crippen LogP contribution < -0.4 is 9.47 Å². The number of nitrogens with zero attached hydrogens (tertiary/aromatic N) is 4. The van der Waals surface area contributed by atoms with E-state index in [1.165, 1.54) is 24.6 Å². The van der Waals surface area contributed by atoms with E-state index in [4.69, 9.17) is 9.47 Å². The summed E-state index contributed by atoms with van der Waals surface area (Å²) in [5.74, 6) is 1.62. The first-order chi connectivity index (χ1) is 11.3. The van der Waals surface area contributed by atoms with Crippen molar-refractivity contribution in [2.24, 2.45) is 0 Å². The van der Waals surface area contributed by atoms with Crippen LogP contribution in [0.5, 0.6) is 11.5 Å². The summed E-state index contributed by atoms with van der Waals surface area (Å²) in [6.45, 7) is 0.206. The van der Waals surface area contributed by atoms with Gasteiger partial charge in [0.1, 0.15) is 0 Å². The third-order valence-electron chi connectivity index (χ3n) is 4.16. The minimum Gasteiger partial charge on any atom is -0.454 e. The van der Waals surface area contributed by atoms with Gasteiger partial charge in [-0.15, -0.1) is 5.10 Å². The first-order valence-corrected chi connectivity index (χ1v) is 8.63. The molecule has 1 saturated carbocycles. The van der Waals surface area contributed by atoms with Crippen molar-refractivity contribution >= 4 is 17.5 Å². The number of fused-ring (bicyclic) bond motifs is 1. The number of Topliss-reactive ketones (excluding diaryl/α,β-unsaturated/α-hetero) is 1. The molecule has 0 bridgehead atoms. The molecule has 2 heterocycles. The Kier molecular flexibility index (Phi) is 3.90. The predicted octanol–water partition coefficient (Wildman–Crippen LogP) is 2.49. The van der Waals surface area contributed by atoms with Crippen molar-refractivity contribution in [3.63, 3.8) is 0 Å². The minimum atomic E-state index is 0.0225. The number of rotatable bonds is 5. The van der Waals surface area contributed by atoms with Gasteiger partial charge in [0.15, 0.2) is 17.3 Å². The Balaban J connectivity index is 1.43. The molecule has 1 aliphatic carbocycles. The summed E-state index contributed by atoms with van der Waals surface area (Å²) in [7, 11) is 0. The summed E-state index contributed by atoms with van der Waals surface area (Å²) in [6.07, 6.45) is 4.64. The molecule has 8 heteroatoms. The second-order valence-electron chi connectivity index (χ2n) is 5.62. The van der Waals surface area contributed by atoms with E-state index < -0.39 is 0 Å². The molecule has 1 fully saturated rings. The molecular weight excluding hydrogens is 316 g/mol. The fraction of sp³-hybridized carbons (Fsp3) is 0.467. The van der Waals surface area contributed by atoms with E-state index in [0.29, 0.717) is 34.0 Å². The van der Waals surface area contributed by atoms with Crippen molar-refractivity contribution in [3.8, 4) is 11.5 Å². The molecule has 0 atom stereocenters. The highest BCUT2D eigenvalue weighted by molar-refractivity contribution is 7.99. The number of carbonyl (C=O) groups excluding carboxylic acids is 1. The Hall–Kier alpha value is -2.09. The van der Waals surface area contributed by atoms with Gasteiger partial charge in [-0.1, -0.05) is 24.6 Å². The highest BCUT2D eigenvalue weighted by Crippen LogP contribution is 2.34. The van der Waals surface area contributed by atoms with Crippen LogP contribution >= 0.6 is 11.8 Å². The molecule has 7 nitrogen and oxygen atoms in total. The Morgan fingerprint density at radius 1 is 1.26 bits per heavy atom. The molecule has 0 N–H and O–H groups in total. The standard InChI is InChI=1S/C15H16N4O3S/c20-12(10-5-6-13-14(7-10)22-9-21-13)8-23-15-16-17-18-19(15)11-3-1-2-4-11/h5-7,11H,1-4,8-9H2. The maximum Gasteiger partial charge on any atom is 0.231 e. The molecule has 0 spiro atoms. The van der Waals surface area contributed by atoms with Crippen molar-refractivity contribution in [2.45, 2.75) is 36.9 Å². The number of hydrogen-bond donors (Lipinski definition) is 0. The molecule has 2 aromatic rings. The molecule has 2 aliphatic rings. The molecule has 1 aromatic carbocycles. The molecule has 4 rings (SSSR count). The summed E-state index contributed by atoms with van der Waals surface area (Å²) in [5, 5.41) is 12.6. The van der Waals surface area contributed by atoms with Crippen LogP contribution in [-0.2, 0) is 0 Å². The van der Waals surface area contributed by atoms with Gasteiger partial charge in [-0.05, 0) is 41.5 Å². The fourth-order valence-corrected chi connectivity index (χ4v) is 3.78. The largest absolute Gasteiger partial charge is 0.454 e. The van der Waals surface area contributed by atoms with Crippen LogP contribution in [0.2, 0.25) is 0 Å². The third kappa shape index (κ3) is 2.90. The lowest BCUT2D eigenvalue weighted by Gasteiger charge is -2.10. The molecular formula is C15H16N4O3S. The highest BCUT2D eigenvalue weighted by atomic mass is 32.2. The van der Waals surface area contributed by atoms with Crippen LogP contribution in [-0.4, -0.2) is 38.5 Å². The lowest BCUT2D eigenvalue weighted by Crippen LogP contribution is -2.10. The third-order valence-corrected chi connectivity index (χ3v) is 5.09. The maximum absolute atomic E-state index is 12.4. The van der Waals surface area contributed by atoms with E-state index in [0.717, 1.165) is 12.8 Å². The van der Waals surface area contributed by atoms with Crippen LogP contribution in [0.15, 0.2) is 23.4 Å². The Morgan fingerprint density at radius 3 is 2.96 bits per heavy atom. The second-order valence-corrected chi connectivity index (χ2v) is 6.57. The van der Waals surface area contributed by atoms with E-state index in [9.17, 15) is 4.79 Å². The monoisotopic (exact) mass is 332 g/mol. The van der Waals surface area contributed by atoms with Gasteiger partial charge in [0, 0.05) is 5.56 Å². The van der Waals surface area contributed by atoms with E-state index in [1.54, 1.807) is 18.2 Å². The van der Waals surface area contributed by atoms with Gasteiger partial charge >= 0.3 is 0 Å². The van der Waals surface area contributed by atoms with E-state index in [-0.39, 0.29) is 12.6 Å². The smallest absolute Gasteiger partial charge is 0.231 e. The number of thioether (sulfide) groups is 1. The zero-order valence-corrected chi connectivity index (χ0v) is 13.3. The number of tetrazole rings is 1. The van der Waals surface area contributed by atoms with E-state index in [1.807, 2.05) is 4.68 Å². The maximum atomic E-state index is 12.4. The molecule has 1 aromatic heterocycles. The van der Waals surface area contributed by atoms with Gasteiger partial charge in [-0.3, -0.25) is 4.79 Å². The lowest BCUT2D eigenvalue weighted by molar-refractivity contribution is 0.102. The van der Waals surface area contributed by atoms with Crippen molar-refractivity contribution in [3.05, 3.63) is 23.8 Å². The van der Waals surface area contributed by atoms with E-state index in [2.05, 4.69) is 15.5 Å². The molecule has 0 radical (unpaired) electrons. The number of ketones is 1. The van der Waals surface area contributed by atoms with Crippen LogP contribution in [0.3, 0.4) is 0 Å². The Labute approximate surface area is 137 Å². The first-order valence-electron chi connectivity index (χ1n) is 7.65. The number of carbonyl (C=O) groups is 1. The average molecular weight is 332 g/mol. The van der Waals surface area contributed by atoms with Gasteiger partial charge in [-0.25, -0.2) is 4.68 Å².